The number of aryl methyl sites for hydroxylation is 2. The number of hydrogen-bond donors (Lipinski definition) is 0. The van der Waals surface area contributed by atoms with Crippen molar-refractivity contribution in [3.8, 4) is 0 Å². The monoisotopic (exact) mass is 196 g/mol. The van der Waals surface area contributed by atoms with Crippen LogP contribution in [0.2, 0.25) is 0 Å². The number of ether oxygens (including phenoxy) is 1. The predicted octanol–water partition coefficient (Wildman–Crippen LogP) is 2.77. The molecule has 1 aliphatic rings. The lowest BCUT2D eigenvalue weighted by molar-refractivity contribution is -0.0152. The van der Waals surface area contributed by atoms with Crippen LogP contribution < -0.4 is 0 Å². The highest BCUT2D eigenvalue weighted by molar-refractivity contribution is 6.24. The number of halogens is 1. The van der Waals surface area contributed by atoms with Crippen molar-refractivity contribution in [1.82, 2.24) is 0 Å². The molecule has 0 N–H and O–H groups in total. The lowest BCUT2D eigenvalue weighted by atomic mass is 9.93. The second kappa shape index (κ2) is 3.00. The second-order valence-corrected chi connectivity index (χ2v) is 4.48. The lowest BCUT2D eigenvalue weighted by Gasteiger charge is -2.36. The highest BCUT2D eigenvalue weighted by Crippen LogP contribution is 2.37. The zero-order valence-electron chi connectivity index (χ0n) is 7.93. The van der Waals surface area contributed by atoms with Gasteiger partial charge in [-0.25, -0.2) is 0 Å². The van der Waals surface area contributed by atoms with Gasteiger partial charge in [0.15, 0.2) is 0 Å². The van der Waals surface area contributed by atoms with Crippen LogP contribution in [0, 0.1) is 13.8 Å². The van der Waals surface area contributed by atoms with Crippen LogP contribution in [0.15, 0.2) is 18.2 Å². The summed E-state index contributed by atoms with van der Waals surface area (Å²) >= 11 is 6.33. The number of hydrogen-bond acceptors (Lipinski definition) is 1. The lowest BCUT2D eigenvalue weighted by Crippen LogP contribution is -2.41. The van der Waals surface area contributed by atoms with Gasteiger partial charge in [-0.05, 0) is 30.5 Å². The van der Waals surface area contributed by atoms with Crippen LogP contribution in [0.5, 0.6) is 0 Å². The summed E-state index contributed by atoms with van der Waals surface area (Å²) in [6.45, 7) is 5.49. The average molecular weight is 197 g/mol. The molecule has 2 rings (SSSR count). The van der Waals surface area contributed by atoms with E-state index in [0.717, 1.165) is 0 Å². The van der Waals surface area contributed by atoms with E-state index in [9.17, 15) is 0 Å². The molecule has 1 saturated heterocycles. The van der Waals surface area contributed by atoms with E-state index in [1.807, 2.05) is 0 Å². The van der Waals surface area contributed by atoms with Crippen molar-refractivity contribution in [3.05, 3.63) is 34.9 Å². The van der Waals surface area contributed by atoms with Crippen LogP contribution in [-0.2, 0) is 9.61 Å². The van der Waals surface area contributed by atoms with E-state index in [1.165, 1.54) is 16.7 Å². The molecule has 0 aliphatic carbocycles. The van der Waals surface area contributed by atoms with Gasteiger partial charge in [-0.2, -0.15) is 0 Å². The Balaban J connectivity index is 2.36. The molecular formula is C11H13ClO. The van der Waals surface area contributed by atoms with E-state index in [-0.39, 0.29) is 4.87 Å². The summed E-state index contributed by atoms with van der Waals surface area (Å²) in [4.78, 5) is -0.252. The molecule has 1 heterocycles. The van der Waals surface area contributed by atoms with Gasteiger partial charge < -0.3 is 4.74 Å². The Kier molecular flexibility index (Phi) is 2.09. The topological polar surface area (TPSA) is 9.23 Å². The molecule has 1 aromatic carbocycles. The summed E-state index contributed by atoms with van der Waals surface area (Å²) in [5.74, 6) is 0. The SMILES string of the molecule is Cc1ccc(C2(Cl)COC2)cc1C. The third kappa shape index (κ3) is 1.47. The molecule has 0 bridgehead atoms. The van der Waals surface area contributed by atoms with Gasteiger partial charge >= 0.3 is 0 Å². The molecule has 0 aromatic heterocycles. The van der Waals surface area contributed by atoms with Crippen molar-refractivity contribution in [2.24, 2.45) is 0 Å². The van der Waals surface area contributed by atoms with Gasteiger partial charge in [-0.3, -0.25) is 0 Å². The van der Waals surface area contributed by atoms with Crippen LogP contribution in [0.4, 0.5) is 0 Å². The zero-order valence-corrected chi connectivity index (χ0v) is 8.69. The second-order valence-electron chi connectivity index (χ2n) is 3.76. The number of rotatable bonds is 1. The van der Waals surface area contributed by atoms with Gasteiger partial charge in [0, 0.05) is 0 Å². The smallest absolute Gasteiger partial charge is 0.116 e. The maximum atomic E-state index is 6.33. The number of benzene rings is 1. The first kappa shape index (κ1) is 9.04. The van der Waals surface area contributed by atoms with Gasteiger partial charge in [0.1, 0.15) is 4.87 Å². The fourth-order valence-electron chi connectivity index (χ4n) is 1.47. The molecule has 1 fully saturated rings. The number of alkyl halides is 1. The van der Waals surface area contributed by atoms with Gasteiger partial charge in [-0.15, -0.1) is 11.6 Å². The van der Waals surface area contributed by atoms with Crippen molar-refractivity contribution >= 4 is 11.6 Å². The minimum Gasteiger partial charge on any atom is -0.377 e. The third-order valence-electron chi connectivity index (χ3n) is 2.69. The fraction of sp³-hybridized carbons (Fsp3) is 0.455. The van der Waals surface area contributed by atoms with Crippen LogP contribution >= 0.6 is 11.6 Å². The average Bonchev–Trinajstić information content (AvgIpc) is 2.06. The van der Waals surface area contributed by atoms with Crippen LogP contribution in [0.25, 0.3) is 0 Å². The molecule has 13 heavy (non-hydrogen) atoms. The van der Waals surface area contributed by atoms with Crippen molar-refractivity contribution in [2.45, 2.75) is 18.7 Å². The molecule has 0 spiro atoms. The first-order valence-corrected chi connectivity index (χ1v) is 4.84. The van der Waals surface area contributed by atoms with Crippen molar-refractivity contribution in [3.63, 3.8) is 0 Å². The molecular weight excluding hydrogens is 184 g/mol. The van der Waals surface area contributed by atoms with Crippen LogP contribution in [0.3, 0.4) is 0 Å². The molecule has 70 valence electrons. The molecule has 1 nitrogen and oxygen atoms in total. The zero-order chi connectivity index (χ0) is 9.47. The highest BCUT2D eigenvalue weighted by atomic mass is 35.5. The summed E-state index contributed by atoms with van der Waals surface area (Å²) in [5.41, 5.74) is 3.79. The molecule has 2 heteroatoms. The van der Waals surface area contributed by atoms with Gasteiger partial charge in [0.05, 0.1) is 13.2 Å². The summed E-state index contributed by atoms with van der Waals surface area (Å²) in [7, 11) is 0. The molecule has 0 atom stereocenters. The van der Waals surface area contributed by atoms with Crippen LogP contribution in [-0.4, -0.2) is 13.2 Å². The molecule has 0 radical (unpaired) electrons. The maximum Gasteiger partial charge on any atom is 0.116 e. The van der Waals surface area contributed by atoms with Crippen molar-refractivity contribution < 1.29 is 4.74 Å². The standard InChI is InChI=1S/C11H13ClO/c1-8-3-4-10(5-9(8)2)11(12)6-13-7-11/h3-5H,6-7H2,1-2H3. The Labute approximate surface area is 83.7 Å². The Morgan fingerprint density at radius 3 is 2.38 bits per heavy atom. The Morgan fingerprint density at radius 2 is 1.92 bits per heavy atom. The molecule has 0 saturated carbocycles. The summed E-state index contributed by atoms with van der Waals surface area (Å²) in [6, 6.07) is 6.37. The van der Waals surface area contributed by atoms with Gasteiger partial charge in [-0.1, -0.05) is 18.2 Å². The quantitative estimate of drug-likeness (QED) is 0.628. The van der Waals surface area contributed by atoms with E-state index in [4.69, 9.17) is 16.3 Å². The first-order chi connectivity index (χ1) is 6.12. The van der Waals surface area contributed by atoms with Gasteiger partial charge in [0.25, 0.3) is 0 Å². The van der Waals surface area contributed by atoms with Crippen molar-refractivity contribution in [1.29, 1.82) is 0 Å². The Hall–Kier alpha value is -0.530. The molecule has 0 amide bonds. The fourth-order valence-corrected chi connectivity index (χ4v) is 1.74. The van der Waals surface area contributed by atoms with Crippen molar-refractivity contribution in [2.75, 3.05) is 13.2 Å². The largest absolute Gasteiger partial charge is 0.377 e. The first-order valence-electron chi connectivity index (χ1n) is 4.46. The summed E-state index contributed by atoms with van der Waals surface area (Å²) in [6.07, 6.45) is 0. The normalized spacial score (nSPS) is 19.6. The molecule has 1 aromatic rings. The molecule has 0 unspecified atom stereocenters. The third-order valence-corrected chi connectivity index (χ3v) is 3.12. The summed E-state index contributed by atoms with van der Waals surface area (Å²) in [5, 5.41) is 0. The van der Waals surface area contributed by atoms with E-state index < -0.39 is 0 Å². The van der Waals surface area contributed by atoms with E-state index in [0.29, 0.717) is 13.2 Å². The van der Waals surface area contributed by atoms with Crippen LogP contribution in [0.1, 0.15) is 16.7 Å². The van der Waals surface area contributed by atoms with Gasteiger partial charge in [0.2, 0.25) is 0 Å². The van der Waals surface area contributed by atoms with E-state index in [1.54, 1.807) is 0 Å². The Morgan fingerprint density at radius 1 is 1.23 bits per heavy atom. The predicted molar refractivity (Wildman–Crippen MR) is 54.3 cm³/mol. The van der Waals surface area contributed by atoms with E-state index in [2.05, 4.69) is 32.0 Å². The Bertz CT molecular complexity index is 329. The molecule has 1 aliphatic heterocycles. The summed E-state index contributed by atoms with van der Waals surface area (Å²) < 4.78 is 5.13. The minimum atomic E-state index is -0.252. The maximum absolute atomic E-state index is 6.33. The van der Waals surface area contributed by atoms with E-state index >= 15 is 0 Å². The minimum absolute atomic E-state index is 0.252. The highest BCUT2D eigenvalue weighted by Gasteiger charge is 2.38.